The molecule has 0 bridgehead atoms. The van der Waals surface area contributed by atoms with E-state index >= 15 is 0 Å². The Morgan fingerprint density at radius 1 is 1.33 bits per heavy atom. The van der Waals surface area contributed by atoms with Crippen molar-refractivity contribution in [3.63, 3.8) is 0 Å². The van der Waals surface area contributed by atoms with E-state index in [9.17, 15) is 19.1 Å². The van der Waals surface area contributed by atoms with E-state index < -0.39 is 17.2 Å². The second kappa shape index (κ2) is 7.36. The average Bonchev–Trinajstić information content (AvgIpc) is 3.00. The van der Waals surface area contributed by atoms with Crippen LogP contribution < -0.4 is 10.9 Å². The summed E-state index contributed by atoms with van der Waals surface area (Å²) in [6.07, 6.45) is 2.37. The number of aliphatic imine (C=N–C) groups is 1. The molecule has 4 rings (SSSR count). The lowest BCUT2D eigenvalue weighted by Gasteiger charge is -2.34. The van der Waals surface area contributed by atoms with Gasteiger partial charge in [-0.2, -0.15) is 0 Å². The Hall–Kier alpha value is -3.00. The van der Waals surface area contributed by atoms with Crippen LogP contribution in [0.2, 0.25) is 0 Å². The van der Waals surface area contributed by atoms with E-state index in [1.54, 1.807) is 22.9 Å². The lowest BCUT2D eigenvalue weighted by Crippen LogP contribution is -2.35. The summed E-state index contributed by atoms with van der Waals surface area (Å²) < 4.78 is 14.8. The Kier molecular flexibility index (Phi) is 4.97. The highest BCUT2D eigenvalue weighted by Gasteiger charge is 2.48. The molecule has 0 saturated heterocycles. The first-order valence-electron chi connectivity index (χ1n) is 9.92. The smallest absolute Gasteiger partial charge is 0.267 e. The molecule has 30 heavy (non-hydrogen) atoms. The fraction of sp³-hybridized carbons (Fsp3) is 0.409. The van der Waals surface area contributed by atoms with Gasteiger partial charge >= 0.3 is 0 Å². The third-order valence-corrected chi connectivity index (χ3v) is 5.99. The van der Waals surface area contributed by atoms with Crippen molar-refractivity contribution in [2.75, 3.05) is 13.2 Å². The standard InChI is InChI=1S/C22H24FN3O4/c1-22(2)11-26-18-16(22)13(9-12-3-5-14(23)6-4-12)10-25-17(18)19(28)15(21(26)30)20(29)24-7-8-27/h3-6,10,13,16,27-28H,7-9,11H2,1-2H3,(H,24,29). The van der Waals surface area contributed by atoms with Crippen molar-refractivity contribution in [3.05, 3.63) is 57.3 Å². The maximum absolute atomic E-state index is 13.3. The second-order valence-electron chi connectivity index (χ2n) is 8.57. The first kappa shape index (κ1) is 20.3. The van der Waals surface area contributed by atoms with E-state index in [0.29, 0.717) is 18.7 Å². The molecule has 3 N–H and O–H groups in total. The predicted octanol–water partition coefficient (Wildman–Crippen LogP) is 2.11. The molecule has 8 heteroatoms. The minimum absolute atomic E-state index is 0.0219. The number of pyridine rings is 1. The van der Waals surface area contributed by atoms with Gasteiger partial charge in [-0.05, 0) is 29.5 Å². The summed E-state index contributed by atoms with van der Waals surface area (Å²) in [4.78, 5) is 30.0. The number of carbonyl (C=O) groups excluding carboxylic acids is 1. The molecule has 3 heterocycles. The second-order valence-corrected chi connectivity index (χ2v) is 8.57. The quantitative estimate of drug-likeness (QED) is 0.698. The molecular formula is C22H24FN3O4. The van der Waals surface area contributed by atoms with Crippen molar-refractivity contribution < 1.29 is 19.4 Å². The number of rotatable bonds is 5. The number of aromatic nitrogens is 1. The predicted molar refractivity (Wildman–Crippen MR) is 110 cm³/mol. The number of hydrogen-bond acceptors (Lipinski definition) is 5. The van der Waals surface area contributed by atoms with Crippen molar-refractivity contribution in [1.82, 2.24) is 9.88 Å². The number of aromatic hydroxyl groups is 1. The highest BCUT2D eigenvalue weighted by Crippen LogP contribution is 2.54. The Bertz CT molecular complexity index is 1090. The van der Waals surface area contributed by atoms with Crippen LogP contribution in [0, 0.1) is 17.2 Å². The van der Waals surface area contributed by atoms with Gasteiger partial charge in [-0.25, -0.2) is 4.39 Å². The fourth-order valence-electron chi connectivity index (χ4n) is 4.75. The highest BCUT2D eigenvalue weighted by molar-refractivity contribution is 5.99. The van der Waals surface area contributed by atoms with E-state index in [1.807, 2.05) is 13.8 Å². The zero-order chi connectivity index (χ0) is 21.6. The van der Waals surface area contributed by atoms with Gasteiger partial charge in [0.25, 0.3) is 11.5 Å². The fourth-order valence-corrected chi connectivity index (χ4v) is 4.75. The molecule has 0 spiro atoms. The first-order chi connectivity index (χ1) is 14.2. The number of amides is 1. The molecule has 7 nitrogen and oxygen atoms in total. The van der Waals surface area contributed by atoms with Gasteiger partial charge in [-0.15, -0.1) is 0 Å². The topological polar surface area (TPSA) is 104 Å². The van der Waals surface area contributed by atoms with Crippen molar-refractivity contribution in [2.24, 2.45) is 16.3 Å². The average molecular weight is 413 g/mol. The molecule has 0 saturated carbocycles. The molecule has 0 aliphatic carbocycles. The van der Waals surface area contributed by atoms with Crippen LogP contribution >= 0.6 is 0 Å². The van der Waals surface area contributed by atoms with Crippen LogP contribution in [0.5, 0.6) is 5.75 Å². The number of nitrogens with one attached hydrogen (secondary N) is 1. The number of hydrogen-bond donors (Lipinski definition) is 3. The van der Waals surface area contributed by atoms with Crippen LogP contribution in [-0.2, 0) is 13.0 Å². The molecule has 2 unspecified atom stereocenters. The number of nitrogens with zero attached hydrogens (tertiary/aromatic N) is 2. The van der Waals surface area contributed by atoms with Gasteiger partial charge in [0, 0.05) is 31.1 Å². The molecule has 1 amide bonds. The number of carbonyl (C=O) groups is 1. The zero-order valence-corrected chi connectivity index (χ0v) is 16.9. The zero-order valence-electron chi connectivity index (χ0n) is 16.9. The molecule has 2 aromatic rings. The molecular weight excluding hydrogens is 389 g/mol. The van der Waals surface area contributed by atoms with Crippen molar-refractivity contribution in [1.29, 1.82) is 0 Å². The van der Waals surface area contributed by atoms with Gasteiger partial charge in [0.05, 0.1) is 12.3 Å². The van der Waals surface area contributed by atoms with Crippen LogP contribution in [-0.4, -0.2) is 40.1 Å². The summed E-state index contributed by atoms with van der Waals surface area (Å²) in [6.45, 7) is 4.19. The molecule has 2 atom stereocenters. The molecule has 0 fully saturated rings. The van der Waals surface area contributed by atoms with Gasteiger partial charge in [-0.3, -0.25) is 14.6 Å². The number of benzene rings is 1. The number of aliphatic hydroxyl groups is 1. The summed E-state index contributed by atoms with van der Waals surface area (Å²) in [7, 11) is 0. The lowest BCUT2D eigenvalue weighted by molar-refractivity contribution is 0.0939. The highest BCUT2D eigenvalue weighted by atomic mass is 19.1. The molecule has 1 aromatic heterocycles. The summed E-state index contributed by atoms with van der Waals surface area (Å²) in [5.41, 5.74) is 0.607. The summed E-state index contributed by atoms with van der Waals surface area (Å²) in [6, 6.07) is 6.31. The maximum Gasteiger partial charge on any atom is 0.267 e. The minimum Gasteiger partial charge on any atom is -0.505 e. The van der Waals surface area contributed by atoms with Gasteiger partial charge in [0.2, 0.25) is 0 Å². The Balaban J connectivity index is 1.79. The van der Waals surface area contributed by atoms with Gasteiger partial charge < -0.3 is 20.1 Å². The number of halogens is 1. The van der Waals surface area contributed by atoms with Gasteiger partial charge in [0.1, 0.15) is 17.1 Å². The van der Waals surface area contributed by atoms with E-state index in [-0.39, 0.29) is 47.5 Å². The third kappa shape index (κ3) is 3.21. The molecule has 0 radical (unpaired) electrons. The molecule has 2 aliphatic rings. The monoisotopic (exact) mass is 413 g/mol. The molecule has 158 valence electrons. The van der Waals surface area contributed by atoms with Crippen LogP contribution in [0.3, 0.4) is 0 Å². The summed E-state index contributed by atoms with van der Waals surface area (Å²) in [5, 5.41) is 22.1. The Labute approximate surface area is 172 Å². The van der Waals surface area contributed by atoms with E-state index in [2.05, 4.69) is 10.3 Å². The minimum atomic E-state index is -0.733. The van der Waals surface area contributed by atoms with Crippen molar-refractivity contribution in [3.8, 4) is 5.75 Å². The lowest BCUT2D eigenvalue weighted by atomic mass is 9.70. The molecule has 2 aliphatic heterocycles. The van der Waals surface area contributed by atoms with E-state index in [0.717, 1.165) is 5.56 Å². The summed E-state index contributed by atoms with van der Waals surface area (Å²) in [5.74, 6) is -1.60. The number of aliphatic hydroxyl groups excluding tert-OH is 1. The Morgan fingerprint density at radius 2 is 2.03 bits per heavy atom. The van der Waals surface area contributed by atoms with Crippen LogP contribution in [0.1, 0.15) is 41.4 Å². The van der Waals surface area contributed by atoms with Crippen LogP contribution in [0.25, 0.3) is 0 Å². The van der Waals surface area contributed by atoms with Crippen LogP contribution in [0.4, 0.5) is 10.1 Å². The van der Waals surface area contributed by atoms with Crippen LogP contribution in [0.15, 0.2) is 34.1 Å². The SMILES string of the molecule is CC1(C)Cn2c3c(c(O)c(C(=O)NCCO)c2=O)N=CC(Cc2ccc(F)cc2)C31. The maximum atomic E-state index is 13.3. The third-order valence-electron chi connectivity index (χ3n) is 5.99. The first-order valence-corrected chi connectivity index (χ1v) is 9.92. The normalized spacial score (nSPS) is 20.8. The van der Waals surface area contributed by atoms with E-state index in [1.165, 1.54) is 12.1 Å². The van der Waals surface area contributed by atoms with Crippen molar-refractivity contribution >= 4 is 17.8 Å². The summed E-state index contributed by atoms with van der Waals surface area (Å²) >= 11 is 0. The molecule has 1 aromatic carbocycles. The van der Waals surface area contributed by atoms with Crippen molar-refractivity contribution in [2.45, 2.75) is 32.7 Å². The van der Waals surface area contributed by atoms with E-state index in [4.69, 9.17) is 5.11 Å². The Morgan fingerprint density at radius 3 is 2.70 bits per heavy atom. The largest absolute Gasteiger partial charge is 0.505 e. The van der Waals surface area contributed by atoms with Gasteiger partial charge in [-0.1, -0.05) is 26.0 Å². The van der Waals surface area contributed by atoms with Gasteiger partial charge in [0.15, 0.2) is 5.75 Å².